The smallest absolute Gasteiger partial charge is 0.266 e. The number of methoxy groups -OCH3 is 1. The molecule has 0 bridgehead atoms. The maximum Gasteiger partial charge on any atom is 0.266 e. The van der Waals surface area contributed by atoms with Gasteiger partial charge in [-0.3, -0.25) is 9.69 Å². The normalized spacial score (nSPS) is 14.9. The molecule has 9 heteroatoms. The van der Waals surface area contributed by atoms with Gasteiger partial charge in [0.25, 0.3) is 5.91 Å². The lowest BCUT2D eigenvalue weighted by Gasteiger charge is -2.11. The van der Waals surface area contributed by atoms with Crippen LogP contribution in [0.5, 0.6) is 5.75 Å². The van der Waals surface area contributed by atoms with Crippen molar-refractivity contribution in [2.75, 3.05) is 7.11 Å². The second-order valence-electron chi connectivity index (χ2n) is 7.41. The van der Waals surface area contributed by atoms with E-state index < -0.39 is 5.82 Å². The van der Waals surface area contributed by atoms with Gasteiger partial charge in [-0.25, -0.2) is 9.07 Å². The molecule has 0 radical (unpaired) electrons. The first-order chi connectivity index (χ1) is 16.5. The Bertz CT molecular complexity index is 1400. The minimum atomic E-state index is -0.495. The summed E-state index contributed by atoms with van der Waals surface area (Å²) >= 11 is 6.65. The molecule has 1 aliphatic heterocycles. The van der Waals surface area contributed by atoms with Gasteiger partial charge >= 0.3 is 0 Å². The predicted octanol–water partition coefficient (Wildman–Crippen LogP) is 5.68. The van der Waals surface area contributed by atoms with Gasteiger partial charge in [-0.2, -0.15) is 5.10 Å². The maximum absolute atomic E-state index is 14.5. The highest BCUT2D eigenvalue weighted by Gasteiger charge is 2.33. The van der Waals surface area contributed by atoms with Crippen LogP contribution >= 0.6 is 24.0 Å². The molecule has 34 heavy (non-hydrogen) atoms. The first-order valence-electron chi connectivity index (χ1n) is 10.3. The fourth-order valence-electron chi connectivity index (χ4n) is 3.58. The van der Waals surface area contributed by atoms with E-state index in [1.165, 1.54) is 29.8 Å². The Morgan fingerprint density at radius 1 is 1.18 bits per heavy atom. The second kappa shape index (κ2) is 9.28. The number of para-hydroxylation sites is 1. The van der Waals surface area contributed by atoms with Crippen LogP contribution in [0, 0.1) is 5.82 Å². The number of carbonyl (C=O) groups is 1. The highest BCUT2D eigenvalue weighted by atomic mass is 32.2. The average Bonchev–Trinajstić information content (AvgIpc) is 3.57. The van der Waals surface area contributed by atoms with Gasteiger partial charge in [0, 0.05) is 17.3 Å². The van der Waals surface area contributed by atoms with Crippen molar-refractivity contribution in [2.24, 2.45) is 0 Å². The molecule has 4 aromatic rings. The molecule has 0 N–H and O–H groups in total. The predicted molar refractivity (Wildman–Crippen MR) is 133 cm³/mol. The number of hydrogen-bond acceptors (Lipinski definition) is 6. The number of halogens is 1. The van der Waals surface area contributed by atoms with Crippen molar-refractivity contribution in [1.82, 2.24) is 14.7 Å². The van der Waals surface area contributed by atoms with E-state index in [4.69, 9.17) is 26.5 Å². The van der Waals surface area contributed by atoms with E-state index in [1.54, 1.807) is 41.3 Å². The van der Waals surface area contributed by atoms with Gasteiger partial charge in [-0.1, -0.05) is 42.2 Å². The third kappa shape index (κ3) is 4.27. The van der Waals surface area contributed by atoms with E-state index >= 15 is 0 Å². The average molecular weight is 492 g/mol. The van der Waals surface area contributed by atoms with Crippen molar-refractivity contribution in [2.45, 2.75) is 6.54 Å². The summed E-state index contributed by atoms with van der Waals surface area (Å²) in [4.78, 5) is 15.1. The summed E-state index contributed by atoms with van der Waals surface area (Å²) in [5.41, 5.74) is 2.58. The largest absolute Gasteiger partial charge is 0.494 e. The van der Waals surface area contributed by atoms with Crippen LogP contribution < -0.4 is 4.74 Å². The molecule has 1 aliphatic rings. The van der Waals surface area contributed by atoms with Crippen LogP contribution in [-0.4, -0.2) is 32.0 Å². The summed E-state index contributed by atoms with van der Waals surface area (Å²) in [6.45, 7) is 0.259. The molecule has 5 rings (SSSR count). The van der Waals surface area contributed by atoms with Crippen molar-refractivity contribution in [1.29, 1.82) is 0 Å². The summed E-state index contributed by atoms with van der Waals surface area (Å²) in [7, 11) is 1.42. The zero-order valence-corrected chi connectivity index (χ0v) is 19.6. The van der Waals surface area contributed by atoms with Crippen molar-refractivity contribution < 1.29 is 18.3 Å². The number of hydrogen-bond donors (Lipinski definition) is 0. The number of nitrogens with zero attached hydrogens (tertiary/aromatic N) is 3. The van der Waals surface area contributed by atoms with Crippen molar-refractivity contribution in [3.63, 3.8) is 0 Å². The molecule has 170 valence electrons. The molecule has 3 heterocycles. The number of furan rings is 1. The Balaban J connectivity index is 1.55. The van der Waals surface area contributed by atoms with Gasteiger partial charge in [0.15, 0.2) is 11.6 Å². The summed E-state index contributed by atoms with van der Waals surface area (Å²) in [5, 5.41) is 4.70. The monoisotopic (exact) mass is 491 g/mol. The number of rotatable bonds is 6. The van der Waals surface area contributed by atoms with Crippen molar-refractivity contribution in [3.8, 4) is 22.7 Å². The highest BCUT2D eigenvalue weighted by molar-refractivity contribution is 8.26. The Hall–Kier alpha value is -3.69. The molecule has 6 nitrogen and oxygen atoms in total. The number of aromatic nitrogens is 2. The van der Waals surface area contributed by atoms with Crippen LogP contribution in [0.2, 0.25) is 0 Å². The van der Waals surface area contributed by atoms with E-state index in [0.29, 0.717) is 31.8 Å². The van der Waals surface area contributed by atoms with Gasteiger partial charge in [0.1, 0.15) is 15.8 Å². The van der Waals surface area contributed by atoms with Gasteiger partial charge in [-0.05, 0) is 48.5 Å². The molecule has 1 amide bonds. The second-order valence-corrected chi connectivity index (χ2v) is 9.09. The minimum absolute atomic E-state index is 0.145. The lowest BCUT2D eigenvalue weighted by molar-refractivity contribution is -0.122. The highest BCUT2D eigenvalue weighted by Crippen LogP contribution is 2.36. The molecule has 1 fully saturated rings. The molecule has 0 aliphatic carbocycles. The molecule has 2 aromatic heterocycles. The van der Waals surface area contributed by atoms with Gasteiger partial charge < -0.3 is 9.15 Å². The lowest BCUT2D eigenvalue weighted by Crippen LogP contribution is -2.27. The zero-order chi connectivity index (χ0) is 23.7. The quantitative estimate of drug-likeness (QED) is 0.255. The van der Waals surface area contributed by atoms with E-state index in [1.807, 2.05) is 36.5 Å². The summed E-state index contributed by atoms with van der Waals surface area (Å²) in [6.07, 6.45) is 5.11. The summed E-state index contributed by atoms with van der Waals surface area (Å²) in [6, 6.07) is 17.8. The third-order valence-electron chi connectivity index (χ3n) is 5.24. The maximum atomic E-state index is 14.5. The van der Waals surface area contributed by atoms with Crippen LogP contribution in [0.3, 0.4) is 0 Å². The molecule has 0 unspecified atom stereocenters. The number of ether oxygens (including phenoxy) is 1. The first-order valence-corrected chi connectivity index (χ1v) is 11.5. The Morgan fingerprint density at radius 3 is 2.71 bits per heavy atom. The van der Waals surface area contributed by atoms with E-state index in [9.17, 15) is 9.18 Å². The van der Waals surface area contributed by atoms with E-state index in [2.05, 4.69) is 0 Å². The molecule has 1 saturated heterocycles. The SMILES string of the molecule is COc1ccc(-c2nn(-c3ccccc3)cc2/C=C2\SC(=S)N(Cc3ccco3)C2=O)cc1F. The summed E-state index contributed by atoms with van der Waals surface area (Å²) < 4.78 is 27.0. The van der Waals surface area contributed by atoms with Gasteiger partial charge in [0.2, 0.25) is 0 Å². The van der Waals surface area contributed by atoms with Crippen LogP contribution in [0.25, 0.3) is 23.0 Å². The molecule has 0 atom stereocenters. The minimum Gasteiger partial charge on any atom is -0.494 e. The molecule has 0 spiro atoms. The summed E-state index contributed by atoms with van der Waals surface area (Å²) in [5.74, 6) is 0.0751. The van der Waals surface area contributed by atoms with Crippen LogP contribution in [-0.2, 0) is 11.3 Å². The van der Waals surface area contributed by atoms with E-state index in [0.717, 1.165) is 5.69 Å². The van der Waals surface area contributed by atoms with Gasteiger partial charge in [-0.15, -0.1) is 0 Å². The Kier molecular flexibility index (Phi) is 6.04. The fraction of sp³-hybridized carbons (Fsp3) is 0.0800. The lowest BCUT2D eigenvalue weighted by atomic mass is 10.1. The molecule has 2 aromatic carbocycles. The van der Waals surface area contributed by atoms with Crippen LogP contribution in [0.4, 0.5) is 4.39 Å². The topological polar surface area (TPSA) is 60.5 Å². The van der Waals surface area contributed by atoms with Crippen molar-refractivity contribution >= 4 is 40.3 Å². The molecular weight excluding hydrogens is 473 g/mol. The Morgan fingerprint density at radius 2 is 2.00 bits per heavy atom. The standard InChI is InChI=1S/C25H18FN3O3S2/c1-31-21-10-9-16(12-20(21)26)23-17(14-29(27-23)18-6-3-2-4-7-18)13-22-24(30)28(25(33)34-22)15-19-8-5-11-32-19/h2-14H,15H2,1H3/b22-13-. The molecule has 0 saturated carbocycles. The number of amides is 1. The van der Waals surface area contributed by atoms with Gasteiger partial charge in [0.05, 0.1) is 30.5 Å². The first kappa shape index (κ1) is 22.1. The fourth-order valence-corrected chi connectivity index (χ4v) is 4.83. The van der Waals surface area contributed by atoms with Crippen molar-refractivity contribution in [3.05, 3.63) is 95.2 Å². The number of benzene rings is 2. The van der Waals surface area contributed by atoms with Crippen LogP contribution in [0.1, 0.15) is 11.3 Å². The zero-order valence-electron chi connectivity index (χ0n) is 18.0. The Labute approximate surface area is 204 Å². The number of thiocarbonyl (C=S) groups is 1. The van der Waals surface area contributed by atoms with Crippen LogP contribution in [0.15, 0.2) is 82.4 Å². The third-order valence-corrected chi connectivity index (χ3v) is 6.62. The number of thioether (sulfide) groups is 1. The molecular formula is C25H18FN3O3S2. The number of carbonyl (C=O) groups excluding carboxylic acids is 1. The van der Waals surface area contributed by atoms with E-state index in [-0.39, 0.29) is 18.2 Å².